The first kappa shape index (κ1) is 10.9. The summed E-state index contributed by atoms with van der Waals surface area (Å²) in [5.41, 5.74) is 0. The van der Waals surface area contributed by atoms with Crippen LogP contribution in [0, 0.1) is 11.8 Å². The molecule has 2 aliphatic rings. The van der Waals surface area contributed by atoms with Gasteiger partial charge in [-0.05, 0) is 50.7 Å². The second-order valence-electron chi connectivity index (χ2n) is 5.09. The van der Waals surface area contributed by atoms with Crippen molar-refractivity contribution in [3.8, 4) is 0 Å². The van der Waals surface area contributed by atoms with Crippen molar-refractivity contribution in [3.05, 3.63) is 0 Å². The Morgan fingerprint density at radius 2 is 1.86 bits per heavy atom. The molecule has 0 aromatic carbocycles. The normalized spacial score (nSPS) is 27.9. The SMILES string of the molecule is CC(Br)C1CCN(CCC2CC2)CC1. The molecule has 2 fully saturated rings. The molecule has 0 spiro atoms. The number of hydrogen-bond acceptors (Lipinski definition) is 1. The standard InChI is InChI=1S/C12H22BrN/c1-10(13)12-5-8-14(9-6-12)7-4-11-2-3-11/h10-12H,2-9H2,1H3. The van der Waals surface area contributed by atoms with Gasteiger partial charge in [-0.1, -0.05) is 35.7 Å². The van der Waals surface area contributed by atoms with Gasteiger partial charge in [-0.2, -0.15) is 0 Å². The minimum atomic E-state index is 0.716. The van der Waals surface area contributed by atoms with Gasteiger partial charge in [-0.15, -0.1) is 0 Å². The average Bonchev–Trinajstić information content (AvgIpc) is 2.99. The van der Waals surface area contributed by atoms with Crippen molar-refractivity contribution >= 4 is 15.9 Å². The molecule has 1 heterocycles. The minimum Gasteiger partial charge on any atom is -0.303 e. The van der Waals surface area contributed by atoms with Crippen LogP contribution in [0.4, 0.5) is 0 Å². The molecule has 1 saturated heterocycles. The Labute approximate surface area is 96.4 Å². The van der Waals surface area contributed by atoms with Crippen LogP contribution < -0.4 is 0 Å². The third-order valence-corrected chi connectivity index (χ3v) is 4.58. The van der Waals surface area contributed by atoms with Crippen LogP contribution in [0.25, 0.3) is 0 Å². The highest BCUT2D eigenvalue weighted by atomic mass is 79.9. The number of nitrogens with zero attached hydrogens (tertiary/aromatic N) is 1. The molecule has 0 aromatic rings. The lowest BCUT2D eigenvalue weighted by Gasteiger charge is -2.33. The number of alkyl halides is 1. The van der Waals surface area contributed by atoms with Gasteiger partial charge in [0.25, 0.3) is 0 Å². The van der Waals surface area contributed by atoms with Crippen LogP contribution in [0.1, 0.15) is 39.0 Å². The van der Waals surface area contributed by atoms with Crippen LogP contribution in [0.2, 0.25) is 0 Å². The maximum Gasteiger partial charge on any atom is 0.0146 e. The summed E-state index contributed by atoms with van der Waals surface area (Å²) < 4.78 is 0. The molecule has 1 aliphatic heterocycles. The molecule has 0 amide bonds. The van der Waals surface area contributed by atoms with E-state index in [4.69, 9.17) is 0 Å². The van der Waals surface area contributed by atoms with E-state index < -0.39 is 0 Å². The molecule has 0 N–H and O–H groups in total. The zero-order valence-electron chi connectivity index (χ0n) is 9.21. The van der Waals surface area contributed by atoms with Crippen molar-refractivity contribution in [2.75, 3.05) is 19.6 Å². The summed E-state index contributed by atoms with van der Waals surface area (Å²) in [4.78, 5) is 3.39. The molecule has 1 saturated carbocycles. The van der Waals surface area contributed by atoms with Crippen LogP contribution in [-0.2, 0) is 0 Å². The molecule has 1 nitrogen and oxygen atoms in total. The maximum absolute atomic E-state index is 3.71. The van der Waals surface area contributed by atoms with Crippen LogP contribution >= 0.6 is 15.9 Å². The Morgan fingerprint density at radius 3 is 2.36 bits per heavy atom. The van der Waals surface area contributed by atoms with Gasteiger partial charge in [0, 0.05) is 4.83 Å². The highest BCUT2D eigenvalue weighted by Gasteiger charge is 2.25. The monoisotopic (exact) mass is 259 g/mol. The third-order valence-electron chi connectivity index (χ3n) is 3.83. The van der Waals surface area contributed by atoms with Crippen LogP contribution in [0.5, 0.6) is 0 Å². The molecular formula is C12H22BrN. The van der Waals surface area contributed by atoms with Crippen LogP contribution in [-0.4, -0.2) is 29.4 Å². The van der Waals surface area contributed by atoms with Crippen molar-refractivity contribution in [1.29, 1.82) is 0 Å². The van der Waals surface area contributed by atoms with E-state index in [2.05, 4.69) is 27.8 Å². The second-order valence-corrected chi connectivity index (χ2v) is 6.53. The van der Waals surface area contributed by atoms with E-state index in [9.17, 15) is 0 Å². The van der Waals surface area contributed by atoms with E-state index in [0.717, 1.165) is 11.8 Å². The van der Waals surface area contributed by atoms with Gasteiger partial charge >= 0.3 is 0 Å². The molecule has 2 heteroatoms. The largest absolute Gasteiger partial charge is 0.303 e. The van der Waals surface area contributed by atoms with Gasteiger partial charge in [0.05, 0.1) is 0 Å². The van der Waals surface area contributed by atoms with Crippen molar-refractivity contribution in [3.63, 3.8) is 0 Å². The molecule has 0 aromatic heterocycles. The Hall–Kier alpha value is 0.440. The smallest absolute Gasteiger partial charge is 0.0146 e. The Balaban J connectivity index is 1.62. The maximum atomic E-state index is 3.71. The zero-order valence-corrected chi connectivity index (χ0v) is 10.8. The van der Waals surface area contributed by atoms with Gasteiger partial charge in [-0.3, -0.25) is 0 Å². The molecule has 1 aliphatic carbocycles. The molecule has 0 bridgehead atoms. The number of likely N-dealkylation sites (tertiary alicyclic amines) is 1. The van der Waals surface area contributed by atoms with Crippen molar-refractivity contribution in [1.82, 2.24) is 4.90 Å². The molecular weight excluding hydrogens is 238 g/mol. The van der Waals surface area contributed by atoms with Crippen LogP contribution in [0.3, 0.4) is 0 Å². The predicted octanol–water partition coefficient (Wildman–Crippen LogP) is 3.28. The summed E-state index contributed by atoms with van der Waals surface area (Å²) >= 11 is 3.71. The summed E-state index contributed by atoms with van der Waals surface area (Å²) in [6.07, 6.45) is 7.28. The quantitative estimate of drug-likeness (QED) is 0.701. The second kappa shape index (κ2) is 4.98. The lowest BCUT2D eigenvalue weighted by molar-refractivity contribution is 0.181. The Kier molecular flexibility index (Phi) is 3.89. The van der Waals surface area contributed by atoms with Gasteiger partial charge < -0.3 is 4.90 Å². The molecule has 1 unspecified atom stereocenters. The zero-order chi connectivity index (χ0) is 9.97. The Bertz CT molecular complexity index is 169. The van der Waals surface area contributed by atoms with Crippen LogP contribution in [0.15, 0.2) is 0 Å². The van der Waals surface area contributed by atoms with Gasteiger partial charge in [0.2, 0.25) is 0 Å². The number of hydrogen-bond donors (Lipinski definition) is 0. The van der Waals surface area contributed by atoms with Crippen molar-refractivity contribution < 1.29 is 0 Å². The van der Waals surface area contributed by atoms with Gasteiger partial charge in [-0.25, -0.2) is 0 Å². The van der Waals surface area contributed by atoms with E-state index in [-0.39, 0.29) is 0 Å². The highest BCUT2D eigenvalue weighted by molar-refractivity contribution is 9.09. The van der Waals surface area contributed by atoms with E-state index in [1.54, 1.807) is 0 Å². The molecule has 14 heavy (non-hydrogen) atoms. The van der Waals surface area contributed by atoms with E-state index in [1.807, 2.05) is 0 Å². The molecule has 1 atom stereocenters. The number of halogens is 1. The van der Waals surface area contributed by atoms with Crippen molar-refractivity contribution in [2.45, 2.75) is 43.9 Å². The summed E-state index contributed by atoms with van der Waals surface area (Å²) in [7, 11) is 0. The minimum absolute atomic E-state index is 0.716. The van der Waals surface area contributed by atoms with Gasteiger partial charge in [0.15, 0.2) is 0 Å². The third kappa shape index (κ3) is 3.23. The summed E-state index contributed by atoms with van der Waals surface area (Å²) in [6, 6.07) is 0. The first-order valence-electron chi connectivity index (χ1n) is 6.12. The summed E-state index contributed by atoms with van der Waals surface area (Å²) in [5.74, 6) is 2.02. The first-order valence-corrected chi connectivity index (χ1v) is 7.03. The number of rotatable bonds is 4. The lowest BCUT2D eigenvalue weighted by Crippen LogP contribution is -2.36. The molecule has 82 valence electrons. The molecule has 0 radical (unpaired) electrons. The van der Waals surface area contributed by atoms with E-state index in [0.29, 0.717) is 4.83 Å². The van der Waals surface area contributed by atoms with E-state index in [1.165, 1.54) is 51.7 Å². The lowest BCUT2D eigenvalue weighted by atomic mass is 9.94. The summed E-state index contributed by atoms with van der Waals surface area (Å²) in [6.45, 7) is 6.35. The summed E-state index contributed by atoms with van der Waals surface area (Å²) in [5, 5.41) is 0. The number of piperidine rings is 1. The van der Waals surface area contributed by atoms with Gasteiger partial charge in [0.1, 0.15) is 0 Å². The molecule has 2 rings (SSSR count). The Morgan fingerprint density at radius 1 is 1.21 bits per heavy atom. The fourth-order valence-electron chi connectivity index (χ4n) is 2.41. The first-order chi connectivity index (χ1) is 6.75. The van der Waals surface area contributed by atoms with Crippen molar-refractivity contribution in [2.24, 2.45) is 11.8 Å². The fraction of sp³-hybridized carbons (Fsp3) is 1.00. The fourth-order valence-corrected chi connectivity index (χ4v) is 2.94. The average molecular weight is 260 g/mol. The van der Waals surface area contributed by atoms with E-state index >= 15 is 0 Å². The predicted molar refractivity (Wildman–Crippen MR) is 64.9 cm³/mol. The topological polar surface area (TPSA) is 3.24 Å². The highest BCUT2D eigenvalue weighted by Crippen LogP contribution is 2.33.